The molecule has 0 bridgehead atoms. The second-order valence-corrected chi connectivity index (χ2v) is 7.97. The molecule has 0 fully saturated rings. The van der Waals surface area contributed by atoms with Gasteiger partial charge in [-0.15, -0.1) is 0 Å². The number of aromatic nitrogens is 3. The number of hydrogen-bond donors (Lipinski definition) is 2. The zero-order valence-electron chi connectivity index (χ0n) is 18.6. The van der Waals surface area contributed by atoms with Gasteiger partial charge in [-0.2, -0.15) is 5.10 Å². The minimum atomic E-state index is -0.554. The number of fused-ring (bicyclic) bond motifs is 2. The zero-order valence-corrected chi connectivity index (χ0v) is 18.6. The van der Waals surface area contributed by atoms with Crippen LogP contribution in [0.3, 0.4) is 0 Å². The maximum absolute atomic E-state index is 12.3. The molecule has 0 unspecified atom stereocenters. The Morgan fingerprint density at radius 1 is 1.06 bits per heavy atom. The van der Waals surface area contributed by atoms with Gasteiger partial charge in [0, 0.05) is 24.0 Å². The van der Waals surface area contributed by atoms with Crippen LogP contribution in [0.4, 0.5) is 11.4 Å². The number of nitrogens with one attached hydrogen (secondary N) is 1. The van der Waals surface area contributed by atoms with Crippen molar-refractivity contribution in [3.8, 4) is 16.9 Å². The van der Waals surface area contributed by atoms with Crippen LogP contribution >= 0.6 is 0 Å². The Morgan fingerprint density at radius 3 is 2.67 bits per heavy atom. The van der Waals surface area contributed by atoms with E-state index < -0.39 is 5.91 Å². The molecule has 0 radical (unpaired) electrons. The lowest BCUT2D eigenvalue weighted by molar-refractivity contribution is 0.100. The lowest BCUT2D eigenvalue weighted by Gasteiger charge is -2.17. The van der Waals surface area contributed by atoms with Gasteiger partial charge in [0.15, 0.2) is 0 Å². The lowest BCUT2D eigenvalue weighted by atomic mass is 9.97. The Morgan fingerprint density at radius 2 is 1.88 bits per heavy atom. The molecule has 5 rings (SSSR count). The van der Waals surface area contributed by atoms with Gasteiger partial charge in [0.25, 0.3) is 5.91 Å². The number of nitrogens with two attached hydrogens (primary N) is 1. The number of carbonyl (C=O) groups is 1. The summed E-state index contributed by atoms with van der Waals surface area (Å²) in [6, 6.07) is 17.9. The molecule has 0 atom stereocenters. The molecule has 7 heteroatoms. The number of nitrogens with zero attached hydrogens (tertiary/aromatic N) is 3. The van der Waals surface area contributed by atoms with E-state index in [4.69, 9.17) is 10.5 Å². The SMILES string of the molecule is COc1ccccc1Nc1c(C(N)=O)cnc2c(C)cc(-c3ccc4cnn(C)c4c3)cc12. The summed E-state index contributed by atoms with van der Waals surface area (Å²) in [5.74, 6) is 0.105. The Bertz CT molecular complexity index is 1540. The molecule has 0 aliphatic heterocycles. The van der Waals surface area contributed by atoms with Crippen molar-refractivity contribution in [1.29, 1.82) is 0 Å². The van der Waals surface area contributed by atoms with Gasteiger partial charge in [0.2, 0.25) is 0 Å². The van der Waals surface area contributed by atoms with Crippen LogP contribution in [0.1, 0.15) is 15.9 Å². The second-order valence-electron chi connectivity index (χ2n) is 7.97. The molecular weight excluding hydrogens is 414 g/mol. The van der Waals surface area contributed by atoms with Gasteiger partial charge in [-0.3, -0.25) is 14.5 Å². The van der Waals surface area contributed by atoms with Gasteiger partial charge in [0.05, 0.1) is 41.3 Å². The van der Waals surface area contributed by atoms with Gasteiger partial charge in [-0.25, -0.2) is 0 Å². The molecule has 0 spiro atoms. The van der Waals surface area contributed by atoms with Crippen LogP contribution < -0.4 is 15.8 Å². The number of amides is 1. The molecule has 0 saturated carbocycles. The lowest BCUT2D eigenvalue weighted by Crippen LogP contribution is -2.14. The van der Waals surface area contributed by atoms with Crippen molar-refractivity contribution in [3.05, 3.63) is 78.1 Å². The van der Waals surface area contributed by atoms with E-state index in [2.05, 4.69) is 39.7 Å². The molecule has 5 aromatic rings. The maximum atomic E-state index is 12.3. The molecule has 3 N–H and O–H groups in total. The summed E-state index contributed by atoms with van der Waals surface area (Å²) >= 11 is 0. The smallest absolute Gasteiger partial charge is 0.252 e. The highest BCUT2D eigenvalue weighted by molar-refractivity contribution is 6.09. The summed E-state index contributed by atoms with van der Waals surface area (Å²) in [4.78, 5) is 16.9. The molecule has 3 aromatic carbocycles. The predicted octanol–water partition coefficient (Wildman–Crippen LogP) is 4.95. The first-order valence-electron chi connectivity index (χ1n) is 10.5. The normalized spacial score (nSPS) is 11.1. The molecule has 33 heavy (non-hydrogen) atoms. The van der Waals surface area contributed by atoms with Crippen molar-refractivity contribution in [1.82, 2.24) is 14.8 Å². The number of anilines is 2. The van der Waals surface area contributed by atoms with E-state index in [1.54, 1.807) is 7.11 Å². The third-order valence-electron chi connectivity index (χ3n) is 5.88. The minimum absolute atomic E-state index is 0.312. The van der Waals surface area contributed by atoms with Gasteiger partial charge in [0.1, 0.15) is 5.75 Å². The fourth-order valence-corrected chi connectivity index (χ4v) is 4.17. The summed E-state index contributed by atoms with van der Waals surface area (Å²) in [5, 5.41) is 9.60. The van der Waals surface area contributed by atoms with E-state index >= 15 is 0 Å². The average molecular weight is 438 g/mol. The molecular formula is C26H23N5O2. The fraction of sp³-hybridized carbons (Fsp3) is 0.115. The maximum Gasteiger partial charge on any atom is 0.252 e. The Labute approximate surface area is 190 Å². The number of para-hydroxylation sites is 2. The Kier molecular flexibility index (Phi) is 4.94. The molecule has 2 heterocycles. The highest BCUT2D eigenvalue weighted by Crippen LogP contribution is 2.37. The van der Waals surface area contributed by atoms with Crippen LogP contribution in [0.5, 0.6) is 5.75 Å². The van der Waals surface area contributed by atoms with E-state index in [1.165, 1.54) is 6.20 Å². The summed E-state index contributed by atoms with van der Waals surface area (Å²) in [7, 11) is 3.53. The van der Waals surface area contributed by atoms with E-state index in [0.29, 0.717) is 17.0 Å². The van der Waals surface area contributed by atoms with Gasteiger partial charge in [-0.05, 0) is 53.9 Å². The van der Waals surface area contributed by atoms with Crippen LogP contribution in [0, 0.1) is 6.92 Å². The largest absolute Gasteiger partial charge is 0.495 e. The average Bonchev–Trinajstić information content (AvgIpc) is 3.19. The van der Waals surface area contributed by atoms with Gasteiger partial charge >= 0.3 is 0 Å². The summed E-state index contributed by atoms with van der Waals surface area (Å²) in [5.41, 5.74) is 12.3. The molecule has 1 amide bonds. The van der Waals surface area contributed by atoms with E-state index in [9.17, 15) is 4.79 Å². The number of benzene rings is 3. The van der Waals surface area contributed by atoms with Crippen LogP contribution in [0.25, 0.3) is 32.9 Å². The summed E-state index contributed by atoms with van der Waals surface area (Å²) < 4.78 is 7.34. The number of pyridine rings is 1. The molecule has 0 aliphatic rings. The molecule has 0 saturated heterocycles. The van der Waals surface area contributed by atoms with E-state index in [1.807, 2.05) is 55.2 Å². The predicted molar refractivity (Wildman–Crippen MR) is 131 cm³/mol. The van der Waals surface area contributed by atoms with Crippen molar-refractivity contribution in [2.45, 2.75) is 6.92 Å². The number of rotatable bonds is 5. The zero-order chi connectivity index (χ0) is 23.1. The van der Waals surface area contributed by atoms with Crippen LogP contribution in [0.2, 0.25) is 0 Å². The Balaban J connectivity index is 1.75. The van der Waals surface area contributed by atoms with Crippen molar-refractivity contribution < 1.29 is 9.53 Å². The number of primary amides is 1. The summed E-state index contributed by atoms with van der Waals surface area (Å²) in [6.45, 7) is 2.01. The van der Waals surface area contributed by atoms with Crippen LogP contribution in [-0.2, 0) is 7.05 Å². The monoisotopic (exact) mass is 437 g/mol. The number of carbonyl (C=O) groups excluding carboxylic acids is 1. The molecule has 7 nitrogen and oxygen atoms in total. The highest BCUT2D eigenvalue weighted by Gasteiger charge is 2.17. The third kappa shape index (κ3) is 3.53. The van der Waals surface area contributed by atoms with Crippen LogP contribution in [0.15, 0.2) is 67.0 Å². The van der Waals surface area contributed by atoms with Crippen molar-refractivity contribution >= 4 is 39.1 Å². The first-order valence-corrected chi connectivity index (χ1v) is 10.5. The second kappa shape index (κ2) is 7.94. The van der Waals surface area contributed by atoms with Gasteiger partial charge < -0.3 is 15.8 Å². The molecule has 2 aromatic heterocycles. The number of aryl methyl sites for hydroxylation is 2. The fourth-order valence-electron chi connectivity index (χ4n) is 4.17. The summed E-state index contributed by atoms with van der Waals surface area (Å²) in [6.07, 6.45) is 3.37. The quantitative estimate of drug-likeness (QED) is 0.406. The van der Waals surface area contributed by atoms with Crippen molar-refractivity contribution in [3.63, 3.8) is 0 Å². The Hall–Kier alpha value is -4.39. The molecule has 0 aliphatic carbocycles. The van der Waals surface area contributed by atoms with Crippen molar-refractivity contribution in [2.24, 2.45) is 12.8 Å². The first-order chi connectivity index (χ1) is 16.0. The first kappa shape index (κ1) is 20.5. The van der Waals surface area contributed by atoms with Crippen LogP contribution in [-0.4, -0.2) is 27.8 Å². The molecule has 164 valence electrons. The topological polar surface area (TPSA) is 95.1 Å². The minimum Gasteiger partial charge on any atom is -0.495 e. The number of hydrogen-bond acceptors (Lipinski definition) is 5. The van der Waals surface area contributed by atoms with E-state index in [-0.39, 0.29) is 0 Å². The number of methoxy groups -OCH3 is 1. The van der Waals surface area contributed by atoms with E-state index in [0.717, 1.165) is 44.2 Å². The van der Waals surface area contributed by atoms with Gasteiger partial charge in [-0.1, -0.05) is 24.3 Å². The standard InChI is InChI=1S/C26H23N5O2/c1-15-10-18(16-8-9-17-13-29-31(2)22(17)12-16)11-19-24(15)28-14-20(26(27)32)25(19)30-21-6-4-5-7-23(21)33-3/h4-14H,1-3H3,(H2,27,32)(H,28,30). The number of ether oxygens (including phenoxy) is 1. The third-order valence-corrected chi connectivity index (χ3v) is 5.88. The van der Waals surface area contributed by atoms with Crippen molar-refractivity contribution in [2.75, 3.05) is 12.4 Å². The highest BCUT2D eigenvalue weighted by atomic mass is 16.5.